The molecule has 1 N–H and O–H groups in total. The summed E-state index contributed by atoms with van der Waals surface area (Å²) in [4.78, 5) is 26.2. The van der Waals surface area contributed by atoms with E-state index in [-0.39, 0.29) is 16.9 Å². The Kier molecular flexibility index (Phi) is 6.78. The van der Waals surface area contributed by atoms with Gasteiger partial charge in [0, 0.05) is 11.6 Å². The molecule has 2 aromatic carbocycles. The molecule has 0 spiro atoms. The van der Waals surface area contributed by atoms with Gasteiger partial charge >= 0.3 is 0 Å². The van der Waals surface area contributed by atoms with Crippen LogP contribution in [-0.2, 0) is 5.92 Å². The molecule has 0 aliphatic carbocycles. The average Bonchev–Trinajstić information content (AvgIpc) is 2.74. The molecule has 0 saturated carbocycles. The second-order valence-corrected chi connectivity index (χ2v) is 7.68. The Labute approximate surface area is 183 Å². The van der Waals surface area contributed by atoms with Crippen molar-refractivity contribution in [2.45, 2.75) is 18.9 Å². The largest absolute Gasteiger partial charge is 0.344 e. The van der Waals surface area contributed by atoms with Crippen LogP contribution in [0.1, 0.15) is 34.6 Å². The summed E-state index contributed by atoms with van der Waals surface area (Å²) < 4.78 is 43.8. The molecule has 9 heteroatoms. The highest BCUT2D eigenvalue weighted by Gasteiger charge is 2.32. The van der Waals surface area contributed by atoms with Crippen LogP contribution in [0.25, 0.3) is 5.69 Å². The molecule has 3 rings (SSSR count). The highest BCUT2D eigenvalue weighted by molar-refractivity contribution is 5.92. The maximum absolute atomic E-state index is 14.5. The van der Waals surface area contributed by atoms with Crippen LogP contribution >= 0.6 is 0 Å². The number of rotatable bonds is 7. The third-order valence-electron chi connectivity index (χ3n) is 4.78. The van der Waals surface area contributed by atoms with Crippen LogP contribution < -0.4 is 10.9 Å². The zero-order valence-electron chi connectivity index (χ0n) is 17.8. The Morgan fingerprint density at radius 2 is 1.84 bits per heavy atom. The molecule has 1 heterocycles. The first-order chi connectivity index (χ1) is 15.1. The number of para-hydroxylation sites is 1. The molecular weight excluding hydrogens is 421 g/mol. The summed E-state index contributed by atoms with van der Waals surface area (Å²) in [7, 11) is 3.13. The topological polar surface area (TPSA) is 67.2 Å². The smallest absolute Gasteiger partial charge is 0.285 e. The number of likely N-dealkylation sites (N-methyl/N-ethyl adjacent to an activating group) is 1. The molecule has 1 atom stereocenters. The van der Waals surface area contributed by atoms with Crippen LogP contribution in [0.5, 0.6) is 0 Å². The molecule has 0 unspecified atom stereocenters. The highest BCUT2D eigenvalue weighted by Crippen LogP contribution is 2.30. The van der Waals surface area contributed by atoms with Gasteiger partial charge in [-0.05, 0) is 50.8 Å². The summed E-state index contributed by atoms with van der Waals surface area (Å²) in [5.74, 6) is -4.35. The predicted molar refractivity (Wildman–Crippen MR) is 115 cm³/mol. The molecule has 0 radical (unpaired) electrons. The summed E-state index contributed by atoms with van der Waals surface area (Å²) in [5, 5.41) is 6.64. The van der Waals surface area contributed by atoms with Crippen molar-refractivity contribution in [3.8, 4) is 5.69 Å². The van der Waals surface area contributed by atoms with Crippen LogP contribution in [0.4, 0.5) is 13.2 Å². The van der Waals surface area contributed by atoms with E-state index >= 15 is 0 Å². The van der Waals surface area contributed by atoms with Gasteiger partial charge in [-0.25, -0.2) is 4.39 Å². The van der Waals surface area contributed by atoms with Crippen LogP contribution in [0.2, 0.25) is 0 Å². The summed E-state index contributed by atoms with van der Waals surface area (Å²) in [6.45, 7) is 1.20. The van der Waals surface area contributed by atoms with Gasteiger partial charge in [-0.3, -0.25) is 9.59 Å². The van der Waals surface area contributed by atoms with E-state index in [1.807, 2.05) is 0 Å². The van der Waals surface area contributed by atoms with Gasteiger partial charge < -0.3 is 10.2 Å². The minimum atomic E-state index is -3.06. The average molecular weight is 444 g/mol. The molecule has 1 amide bonds. The van der Waals surface area contributed by atoms with Crippen LogP contribution in [0, 0.1) is 5.82 Å². The Balaban J connectivity index is 1.83. The molecule has 0 bridgehead atoms. The van der Waals surface area contributed by atoms with Gasteiger partial charge in [-0.1, -0.05) is 30.3 Å². The van der Waals surface area contributed by atoms with Crippen molar-refractivity contribution in [1.29, 1.82) is 0 Å². The van der Waals surface area contributed by atoms with Crippen molar-refractivity contribution in [2.75, 3.05) is 20.6 Å². The molecule has 1 aromatic heterocycles. The van der Waals surface area contributed by atoms with E-state index in [1.165, 1.54) is 47.4 Å². The molecular formula is C23H23F3N4O2. The molecule has 0 saturated heterocycles. The van der Waals surface area contributed by atoms with Gasteiger partial charge in [-0.2, -0.15) is 18.6 Å². The Morgan fingerprint density at radius 1 is 1.12 bits per heavy atom. The number of nitrogens with zero attached hydrogens (tertiary/aromatic N) is 3. The van der Waals surface area contributed by atoms with Crippen molar-refractivity contribution in [2.24, 2.45) is 0 Å². The fraction of sp³-hybridized carbons (Fsp3) is 0.261. The molecule has 0 fully saturated rings. The van der Waals surface area contributed by atoms with Crippen molar-refractivity contribution in [1.82, 2.24) is 20.0 Å². The number of aromatic nitrogens is 2. The number of nitrogens with one attached hydrogen (secondary N) is 1. The van der Waals surface area contributed by atoms with E-state index in [2.05, 4.69) is 10.4 Å². The second-order valence-electron chi connectivity index (χ2n) is 7.68. The van der Waals surface area contributed by atoms with Gasteiger partial charge in [0.1, 0.15) is 17.2 Å². The number of hydrogen-bond acceptors (Lipinski definition) is 4. The molecule has 0 aliphatic rings. The normalized spacial score (nSPS) is 12.6. The van der Waals surface area contributed by atoms with E-state index in [0.29, 0.717) is 5.56 Å². The predicted octanol–water partition coefficient (Wildman–Crippen LogP) is 3.52. The number of alkyl halides is 2. The Morgan fingerprint density at radius 3 is 2.53 bits per heavy atom. The number of carbonyl (C=O) groups excluding carboxylic acids is 1. The Hall–Kier alpha value is -3.46. The van der Waals surface area contributed by atoms with Gasteiger partial charge in [0.05, 0.1) is 12.6 Å². The summed E-state index contributed by atoms with van der Waals surface area (Å²) in [6.07, 6.45) is 0. The lowest BCUT2D eigenvalue weighted by Gasteiger charge is -2.22. The molecule has 3 aromatic rings. The summed E-state index contributed by atoms with van der Waals surface area (Å²) in [6, 6.07) is 13.1. The fourth-order valence-corrected chi connectivity index (χ4v) is 3.21. The monoisotopic (exact) mass is 444 g/mol. The van der Waals surface area contributed by atoms with E-state index in [0.717, 1.165) is 10.7 Å². The van der Waals surface area contributed by atoms with Crippen LogP contribution in [0.3, 0.4) is 0 Å². The lowest BCUT2D eigenvalue weighted by atomic mass is 10.0. The van der Waals surface area contributed by atoms with Gasteiger partial charge in [0.2, 0.25) is 0 Å². The number of amides is 1. The highest BCUT2D eigenvalue weighted by atomic mass is 19.3. The van der Waals surface area contributed by atoms with Crippen molar-refractivity contribution in [3.63, 3.8) is 0 Å². The third-order valence-corrected chi connectivity index (χ3v) is 4.78. The van der Waals surface area contributed by atoms with E-state index in [9.17, 15) is 22.8 Å². The van der Waals surface area contributed by atoms with Gasteiger partial charge in [-0.15, -0.1) is 0 Å². The van der Waals surface area contributed by atoms with E-state index < -0.39 is 35.8 Å². The van der Waals surface area contributed by atoms with Gasteiger partial charge in [0.25, 0.3) is 17.4 Å². The lowest BCUT2D eigenvalue weighted by Crippen LogP contribution is -2.32. The quantitative estimate of drug-likeness (QED) is 0.606. The van der Waals surface area contributed by atoms with Crippen molar-refractivity contribution >= 4 is 5.91 Å². The molecule has 0 aliphatic heterocycles. The zero-order valence-corrected chi connectivity index (χ0v) is 17.8. The third kappa shape index (κ3) is 5.23. The maximum atomic E-state index is 14.5. The van der Waals surface area contributed by atoms with Crippen LogP contribution in [0.15, 0.2) is 65.5 Å². The first-order valence-electron chi connectivity index (χ1n) is 9.87. The lowest BCUT2D eigenvalue weighted by molar-refractivity contribution is -0.0270. The number of halogens is 3. The first kappa shape index (κ1) is 23.2. The van der Waals surface area contributed by atoms with E-state index in [4.69, 9.17) is 0 Å². The number of hydrogen-bond donors (Lipinski definition) is 1. The number of benzene rings is 2. The fourth-order valence-electron chi connectivity index (χ4n) is 3.21. The second kappa shape index (κ2) is 9.35. The zero-order chi connectivity index (χ0) is 23.5. The van der Waals surface area contributed by atoms with Crippen LogP contribution in [-0.4, -0.2) is 41.2 Å². The number of carbonyl (C=O) groups is 1. The maximum Gasteiger partial charge on any atom is 0.285 e. The van der Waals surface area contributed by atoms with Crippen molar-refractivity contribution < 1.29 is 18.0 Å². The summed E-state index contributed by atoms with van der Waals surface area (Å²) >= 11 is 0. The van der Waals surface area contributed by atoms with E-state index in [1.54, 1.807) is 33.2 Å². The molecule has 32 heavy (non-hydrogen) atoms. The SMILES string of the molecule is C[C@@H](NC(=O)c1ccc(=O)n(-c2ccccc2F)n1)c1cccc(C(F)(F)CN(C)C)c1. The standard InChI is InChI=1S/C23H23F3N4O2/c1-15(16-7-6-8-17(13-16)23(25,26)14-29(2)3)27-22(32)19-11-12-21(31)30(28-19)20-10-5-4-9-18(20)24/h4-13,15H,14H2,1-3H3,(H,27,32)/t15-/m1/s1. The minimum absolute atomic E-state index is 0.0870. The Bertz CT molecular complexity index is 1180. The summed E-state index contributed by atoms with van der Waals surface area (Å²) in [5.41, 5.74) is -0.479. The minimum Gasteiger partial charge on any atom is -0.344 e. The molecule has 6 nitrogen and oxygen atoms in total. The van der Waals surface area contributed by atoms with Crippen molar-refractivity contribution in [3.05, 3.63) is 93.7 Å². The van der Waals surface area contributed by atoms with Gasteiger partial charge in [0.15, 0.2) is 0 Å². The molecule has 168 valence electrons. The first-order valence-corrected chi connectivity index (χ1v) is 9.87.